The van der Waals surface area contributed by atoms with Gasteiger partial charge in [-0.15, -0.1) is 0 Å². The van der Waals surface area contributed by atoms with Gasteiger partial charge in [-0.3, -0.25) is 4.79 Å². The molecule has 0 radical (unpaired) electrons. The summed E-state index contributed by atoms with van der Waals surface area (Å²) in [4.78, 5) is 18.7. The number of nitrogens with zero attached hydrogens (tertiary/aromatic N) is 2. The van der Waals surface area contributed by atoms with Crippen LogP contribution in [0.25, 0.3) is 0 Å². The molecule has 2 aromatic carbocycles. The van der Waals surface area contributed by atoms with E-state index in [-0.39, 0.29) is 29.9 Å². The molecular formula is C32H42Cl2N2O3. The van der Waals surface area contributed by atoms with Gasteiger partial charge in [0.15, 0.2) is 0 Å². The van der Waals surface area contributed by atoms with Crippen LogP contribution >= 0.6 is 23.2 Å². The van der Waals surface area contributed by atoms with E-state index in [0.29, 0.717) is 34.2 Å². The number of benzene rings is 2. The SMILES string of the molecule is COC1C[C@@H](N(CC(C)C)C(=O)Cc2ccc(Cl)c(Cl)c2)C[C@]2(c3cccc(O)c3)CCN(CC3CC3)C[C@@H]12. The number of fused-ring (bicyclic) bond motifs is 1. The summed E-state index contributed by atoms with van der Waals surface area (Å²) in [5.74, 6) is 1.89. The molecule has 5 nitrogen and oxygen atoms in total. The second-order valence-corrected chi connectivity index (χ2v) is 13.3. The Morgan fingerprint density at radius 2 is 1.97 bits per heavy atom. The highest BCUT2D eigenvalue weighted by Crippen LogP contribution is 2.52. The molecule has 1 unspecified atom stereocenters. The van der Waals surface area contributed by atoms with Crippen molar-refractivity contribution in [3.8, 4) is 5.75 Å². The second kappa shape index (κ2) is 12.0. The average Bonchev–Trinajstić information content (AvgIpc) is 3.72. The fourth-order valence-electron chi connectivity index (χ4n) is 7.15. The van der Waals surface area contributed by atoms with Crippen LogP contribution in [-0.2, 0) is 21.4 Å². The molecule has 212 valence electrons. The molecule has 1 saturated heterocycles. The highest BCUT2D eigenvalue weighted by molar-refractivity contribution is 6.42. The molecular weight excluding hydrogens is 531 g/mol. The average molecular weight is 574 g/mol. The molecule has 7 heteroatoms. The largest absolute Gasteiger partial charge is 0.508 e. The third-order valence-electron chi connectivity index (χ3n) is 9.19. The number of phenols is 1. The fourth-order valence-corrected chi connectivity index (χ4v) is 7.47. The Kier molecular flexibility index (Phi) is 8.83. The maximum absolute atomic E-state index is 13.9. The lowest BCUT2D eigenvalue weighted by atomic mass is 9.56. The summed E-state index contributed by atoms with van der Waals surface area (Å²) in [7, 11) is 1.82. The van der Waals surface area contributed by atoms with E-state index in [9.17, 15) is 9.90 Å². The number of hydrogen-bond donors (Lipinski definition) is 1. The van der Waals surface area contributed by atoms with Crippen molar-refractivity contribution >= 4 is 29.1 Å². The van der Waals surface area contributed by atoms with E-state index in [1.807, 2.05) is 25.3 Å². The molecule has 39 heavy (non-hydrogen) atoms. The van der Waals surface area contributed by atoms with Gasteiger partial charge in [0.1, 0.15) is 5.75 Å². The zero-order valence-electron chi connectivity index (χ0n) is 23.4. The molecule has 5 rings (SSSR count). The first-order valence-corrected chi connectivity index (χ1v) is 15.2. The van der Waals surface area contributed by atoms with Crippen LogP contribution in [0.2, 0.25) is 10.0 Å². The Balaban J connectivity index is 1.47. The highest BCUT2D eigenvalue weighted by Gasteiger charge is 2.54. The minimum absolute atomic E-state index is 0.0283. The van der Waals surface area contributed by atoms with Crippen LogP contribution in [0.1, 0.15) is 57.1 Å². The zero-order chi connectivity index (χ0) is 27.7. The van der Waals surface area contributed by atoms with Crippen LogP contribution in [0.3, 0.4) is 0 Å². The third kappa shape index (κ3) is 6.43. The molecule has 3 aliphatic rings. The highest BCUT2D eigenvalue weighted by atomic mass is 35.5. The first-order valence-electron chi connectivity index (χ1n) is 14.5. The normalized spacial score (nSPS) is 27.4. The molecule has 1 aliphatic heterocycles. The van der Waals surface area contributed by atoms with Gasteiger partial charge in [-0.2, -0.15) is 0 Å². The minimum atomic E-state index is -0.165. The monoisotopic (exact) mass is 572 g/mol. The first kappa shape index (κ1) is 28.7. The molecule has 1 amide bonds. The molecule has 0 aromatic heterocycles. The van der Waals surface area contributed by atoms with Gasteiger partial charge in [0.2, 0.25) is 5.91 Å². The summed E-state index contributed by atoms with van der Waals surface area (Å²) in [6, 6.07) is 13.3. The quantitative estimate of drug-likeness (QED) is 0.369. The van der Waals surface area contributed by atoms with Crippen molar-refractivity contribution in [3.05, 3.63) is 63.6 Å². The number of hydrogen-bond acceptors (Lipinski definition) is 4. The molecule has 0 spiro atoms. The predicted molar refractivity (Wildman–Crippen MR) is 158 cm³/mol. The maximum Gasteiger partial charge on any atom is 0.227 e. The van der Waals surface area contributed by atoms with Gasteiger partial charge in [-0.25, -0.2) is 0 Å². The van der Waals surface area contributed by atoms with Crippen LogP contribution in [-0.4, -0.2) is 66.2 Å². The van der Waals surface area contributed by atoms with Gasteiger partial charge < -0.3 is 19.6 Å². The Hall–Kier alpha value is -1.79. The van der Waals surface area contributed by atoms with E-state index < -0.39 is 0 Å². The number of phenolic OH excluding ortho intramolecular Hbond substituents is 1. The number of piperidine rings is 1. The number of carbonyl (C=O) groups is 1. The van der Waals surface area contributed by atoms with Crippen molar-refractivity contribution in [1.82, 2.24) is 9.80 Å². The lowest BCUT2D eigenvalue weighted by Crippen LogP contribution is -2.62. The molecule has 1 N–H and O–H groups in total. The van der Waals surface area contributed by atoms with Crippen molar-refractivity contribution in [3.63, 3.8) is 0 Å². The Morgan fingerprint density at radius 1 is 1.18 bits per heavy atom. The standard InChI is InChI=1S/C32H42Cl2N2O3/c1-21(2)18-36(31(38)14-23-9-10-28(33)29(34)13-23)25-16-30(39-3)27-20-35(19-22-7-8-22)12-11-32(27,17-25)24-5-4-6-26(37)15-24/h4-6,9-10,13,15,21-22,25,27,30,37H,7-8,11-12,14,16-20H2,1-3H3/t25-,27+,30?,32+/m1/s1. The van der Waals surface area contributed by atoms with Gasteiger partial charge in [0, 0.05) is 44.1 Å². The predicted octanol–water partition coefficient (Wildman–Crippen LogP) is 6.57. The van der Waals surface area contributed by atoms with Crippen molar-refractivity contribution in [2.45, 2.75) is 69.9 Å². The molecule has 1 heterocycles. The van der Waals surface area contributed by atoms with Crippen molar-refractivity contribution in [1.29, 1.82) is 0 Å². The molecule has 2 saturated carbocycles. The van der Waals surface area contributed by atoms with Crippen LogP contribution in [0.15, 0.2) is 42.5 Å². The van der Waals surface area contributed by atoms with Gasteiger partial charge in [-0.05, 0) is 85.9 Å². The van der Waals surface area contributed by atoms with Crippen molar-refractivity contribution < 1.29 is 14.6 Å². The topological polar surface area (TPSA) is 53.0 Å². The molecule has 2 aromatic rings. The number of aromatic hydroxyl groups is 1. The number of methoxy groups -OCH3 is 1. The minimum Gasteiger partial charge on any atom is -0.508 e. The Bertz CT molecular complexity index is 1170. The van der Waals surface area contributed by atoms with Crippen LogP contribution < -0.4 is 0 Å². The van der Waals surface area contributed by atoms with Gasteiger partial charge in [0.25, 0.3) is 0 Å². The third-order valence-corrected chi connectivity index (χ3v) is 9.93. The van der Waals surface area contributed by atoms with E-state index in [1.54, 1.807) is 18.2 Å². The molecule has 3 fully saturated rings. The number of likely N-dealkylation sites (tertiary alicyclic amines) is 1. The van der Waals surface area contributed by atoms with Crippen molar-refractivity contribution in [2.75, 3.05) is 33.3 Å². The van der Waals surface area contributed by atoms with E-state index in [4.69, 9.17) is 27.9 Å². The van der Waals surface area contributed by atoms with Gasteiger partial charge in [-0.1, -0.05) is 55.2 Å². The van der Waals surface area contributed by atoms with E-state index in [1.165, 1.54) is 24.9 Å². The number of carbonyl (C=O) groups excluding carboxylic acids is 1. The zero-order valence-corrected chi connectivity index (χ0v) is 24.9. The summed E-state index contributed by atoms with van der Waals surface area (Å²) in [6.07, 6.45) is 5.70. The summed E-state index contributed by atoms with van der Waals surface area (Å²) >= 11 is 12.4. The smallest absolute Gasteiger partial charge is 0.227 e. The van der Waals surface area contributed by atoms with E-state index in [0.717, 1.165) is 43.8 Å². The van der Waals surface area contributed by atoms with Crippen molar-refractivity contribution in [2.24, 2.45) is 17.8 Å². The lowest BCUT2D eigenvalue weighted by molar-refractivity contribution is -0.140. The number of rotatable bonds is 9. The summed E-state index contributed by atoms with van der Waals surface area (Å²) in [5.41, 5.74) is 1.88. The summed E-state index contributed by atoms with van der Waals surface area (Å²) < 4.78 is 6.26. The van der Waals surface area contributed by atoms with Gasteiger partial charge in [0.05, 0.1) is 22.6 Å². The molecule has 4 atom stereocenters. The number of amides is 1. The number of ether oxygens (including phenoxy) is 1. The summed E-state index contributed by atoms with van der Waals surface area (Å²) in [5, 5.41) is 11.5. The van der Waals surface area contributed by atoms with E-state index in [2.05, 4.69) is 29.7 Å². The Morgan fingerprint density at radius 3 is 2.64 bits per heavy atom. The second-order valence-electron chi connectivity index (χ2n) is 12.5. The van der Waals surface area contributed by atoms with Crippen LogP contribution in [0.4, 0.5) is 0 Å². The van der Waals surface area contributed by atoms with E-state index >= 15 is 0 Å². The Labute approximate surface area is 243 Å². The van der Waals surface area contributed by atoms with Gasteiger partial charge >= 0.3 is 0 Å². The molecule has 2 aliphatic carbocycles. The molecule has 0 bridgehead atoms. The van der Waals surface area contributed by atoms with Crippen LogP contribution in [0, 0.1) is 17.8 Å². The first-order chi connectivity index (χ1) is 18.7. The lowest BCUT2D eigenvalue weighted by Gasteiger charge is -2.57. The number of halogens is 2. The fraction of sp³-hybridized carbons (Fsp3) is 0.594. The summed E-state index contributed by atoms with van der Waals surface area (Å²) in [6.45, 7) is 8.23. The van der Waals surface area contributed by atoms with Crippen LogP contribution in [0.5, 0.6) is 5.75 Å². The maximum atomic E-state index is 13.9.